The molecule has 0 aliphatic rings. The van der Waals surface area contributed by atoms with E-state index in [0.717, 1.165) is 12.1 Å². The molecule has 0 aliphatic carbocycles. The number of carbonyl (C=O) groups excluding carboxylic acids is 1. The number of aromatic hydroxyl groups is 1. The van der Waals surface area contributed by atoms with Crippen molar-refractivity contribution < 1.29 is 18.7 Å². The second-order valence-electron chi connectivity index (χ2n) is 4.31. The number of carbonyl (C=O) groups is 1. The van der Waals surface area contributed by atoms with Crippen molar-refractivity contribution in [3.63, 3.8) is 0 Å². The van der Waals surface area contributed by atoms with Crippen molar-refractivity contribution in [2.75, 3.05) is 0 Å². The highest BCUT2D eigenvalue weighted by molar-refractivity contribution is 6.01. The zero-order chi connectivity index (χ0) is 15.4. The molecule has 1 amide bonds. The third-order valence-electron chi connectivity index (χ3n) is 2.75. The van der Waals surface area contributed by atoms with Gasteiger partial charge in [0.2, 0.25) is 0 Å². The Labute approximate surface area is 119 Å². The van der Waals surface area contributed by atoms with Gasteiger partial charge in [0.25, 0.3) is 5.91 Å². The van der Waals surface area contributed by atoms with Crippen molar-refractivity contribution >= 4 is 11.6 Å². The lowest BCUT2D eigenvalue weighted by molar-refractivity contribution is 0.0954. The third kappa shape index (κ3) is 3.62. The molecule has 0 saturated carbocycles. The summed E-state index contributed by atoms with van der Waals surface area (Å²) in [6, 6.07) is 8.81. The molecule has 0 atom stereocenters. The summed E-state index contributed by atoms with van der Waals surface area (Å²) >= 11 is 0. The molecule has 0 radical (unpaired) electrons. The Morgan fingerprint density at radius 2 is 1.95 bits per heavy atom. The molecule has 0 bridgehead atoms. The lowest BCUT2D eigenvalue weighted by Crippen LogP contribution is -2.19. The summed E-state index contributed by atoms with van der Waals surface area (Å²) in [6.45, 7) is 1.49. The molecule has 21 heavy (non-hydrogen) atoms. The van der Waals surface area contributed by atoms with E-state index < -0.39 is 17.5 Å². The number of nitrogens with zero attached hydrogens (tertiary/aromatic N) is 1. The second-order valence-corrected chi connectivity index (χ2v) is 4.31. The highest BCUT2D eigenvalue weighted by atomic mass is 19.1. The van der Waals surface area contributed by atoms with Crippen LogP contribution in [0.3, 0.4) is 0 Å². The van der Waals surface area contributed by atoms with Crippen LogP contribution in [0.2, 0.25) is 0 Å². The van der Waals surface area contributed by atoms with Crippen LogP contribution in [0.1, 0.15) is 22.8 Å². The molecule has 6 heteroatoms. The summed E-state index contributed by atoms with van der Waals surface area (Å²) in [5.74, 6) is -2.04. The van der Waals surface area contributed by atoms with Gasteiger partial charge in [0, 0.05) is 17.2 Å². The van der Waals surface area contributed by atoms with Crippen molar-refractivity contribution in [2.45, 2.75) is 6.92 Å². The van der Waals surface area contributed by atoms with E-state index >= 15 is 0 Å². The van der Waals surface area contributed by atoms with Crippen molar-refractivity contribution in [2.24, 2.45) is 5.10 Å². The third-order valence-corrected chi connectivity index (χ3v) is 2.75. The van der Waals surface area contributed by atoms with E-state index in [1.807, 2.05) is 0 Å². The Kier molecular flexibility index (Phi) is 4.27. The first-order chi connectivity index (χ1) is 9.97. The van der Waals surface area contributed by atoms with E-state index in [2.05, 4.69) is 10.5 Å². The number of benzene rings is 2. The highest BCUT2D eigenvalue weighted by Crippen LogP contribution is 2.12. The number of hydrazone groups is 1. The van der Waals surface area contributed by atoms with Crippen molar-refractivity contribution in [3.05, 3.63) is 65.2 Å². The predicted octanol–water partition coefficient (Wildman–Crippen LogP) is 2.82. The highest BCUT2D eigenvalue weighted by Gasteiger charge is 2.09. The number of phenols is 1. The minimum absolute atomic E-state index is 0.0482. The molecular formula is C15H12F2N2O2. The quantitative estimate of drug-likeness (QED) is 0.674. The molecule has 0 spiro atoms. The fraction of sp³-hybridized carbons (Fsp3) is 0.0667. The van der Waals surface area contributed by atoms with Gasteiger partial charge in [-0.15, -0.1) is 0 Å². The van der Waals surface area contributed by atoms with Crippen LogP contribution in [0.4, 0.5) is 8.78 Å². The van der Waals surface area contributed by atoms with Crippen LogP contribution in [-0.2, 0) is 0 Å². The largest absolute Gasteiger partial charge is 0.508 e. The maximum absolute atomic E-state index is 13.5. The molecule has 0 aliphatic heterocycles. The molecule has 0 aromatic heterocycles. The summed E-state index contributed by atoms with van der Waals surface area (Å²) in [4.78, 5) is 11.8. The first kappa shape index (κ1) is 14.6. The first-order valence-electron chi connectivity index (χ1n) is 6.06. The molecule has 0 heterocycles. The zero-order valence-electron chi connectivity index (χ0n) is 11.1. The standard InChI is InChI=1S/C15H12F2N2O2/c1-9(13-6-5-11(16)8-14(13)17)18-19-15(21)10-3-2-4-12(20)7-10/h2-8,20H,1H3,(H,19,21)/b18-9-. The van der Waals surface area contributed by atoms with Gasteiger partial charge in [-0.05, 0) is 37.3 Å². The van der Waals surface area contributed by atoms with Crippen LogP contribution in [0, 0.1) is 11.6 Å². The van der Waals surface area contributed by atoms with Crippen molar-refractivity contribution in [1.82, 2.24) is 5.43 Å². The number of phenolic OH excluding ortho intramolecular Hbond substituents is 1. The van der Waals surface area contributed by atoms with Crippen LogP contribution in [0.25, 0.3) is 0 Å². The van der Waals surface area contributed by atoms with E-state index in [-0.39, 0.29) is 22.6 Å². The van der Waals surface area contributed by atoms with Crippen LogP contribution >= 0.6 is 0 Å². The monoisotopic (exact) mass is 290 g/mol. The topological polar surface area (TPSA) is 61.7 Å². The molecule has 0 fully saturated rings. The maximum Gasteiger partial charge on any atom is 0.271 e. The van der Waals surface area contributed by atoms with Gasteiger partial charge in [-0.2, -0.15) is 5.10 Å². The molecule has 2 aromatic carbocycles. The number of hydrogen-bond donors (Lipinski definition) is 2. The number of amides is 1. The molecule has 2 N–H and O–H groups in total. The van der Waals surface area contributed by atoms with E-state index in [9.17, 15) is 18.7 Å². The zero-order valence-corrected chi connectivity index (χ0v) is 11.1. The molecule has 4 nitrogen and oxygen atoms in total. The van der Waals surface area contributed by atoms with Gasteiger partial charge in [0.05, 0.1) is 5.71 Å². The summed E-state index contributed by atoms with van der Waals surface area (Å²) in [7, 11) is 0. The number of nitrogens with one attached hydrogen (secondary N) is 1. The van der Waals surface area contributed by atoms with Gasteiger partial charge in [0.15, 0.2) is 0 Å². The Bertz CT molecular complexity index is 715. The van der Waals surface area contributed by atoms with E-state index in [0.29, 0.717) is 0 Å². The molecule has 2 aromatic rings. The fourth-order valence-electron chi connectivity index (χ4n) is 1.69. The van der Waals surface area contributed by atoms with E-state index in [1.54, 1.807) is 0 Å². The van der Waals surface area contributed by atoms with Gasteiger partial charge < -0.3 is 5.11 Å². The summed E-state index contributed by atoms with van der Waals surface area (Å²) in [5.41, 5.74) is 2.74. The van der Waals surface area contributed by atoms with Gasteiger partial charge in [-0.1, -0.05) is 6.07 Å². The minimum Gasteiger partial charge on any atom is -0.508 e. The number of halogens is 2. The Balaban J connectivity index is 2.15. The van der Waals surface area contributed by atoms with Gasteiger partial charge in [0.1, 0.15) is 17.4 Å². The molecule has 108 valence electrons. The number of hydrogen-bond acceptors (Lipinski definition) is 3. The smallest absolute Gasteiger partial charge is 0.271 e. The van der Waals surface area contributed by atoms with Crippen LogP contribution in [0.15, 0.2) is 47.6 Å². The SMILES string of the molecule is C/C(=N/NC(=O)c1cccc(O)c1)c1ccc(F)cc1F. The summed E-state index contributed by atoms with van der Waals surface area (Å²) in [6.07, 6.45) is 0. The Hall–Kier alpha value is -2.76. The normalized spacial score (nSPS) is 11.3. The van der Waals surface area contributed by atoms with Crippen molar-refractivity contribution in [3.8, 4) is 5.75 Å². The van der Waals surface area contributed by atoms with Gasteiger partial charge >= 0.3 is 0 Å². The van der Waals surface area contributed by atoms with Crippen LogP contribution in [-0.4, -0.2) is 16.7 Å². The van der Waals surface area contributed by atoms with Gasteiger partial charge in [-0.3, -0.25) is 4.79 Å². The average Bonchev–Trinajstić information content (AvgIpc) is 2.44. The molecule has 0 unspecified atom stereocenters. The summed E-state index contributed by atoms with van der Waals surface area (Å²) in [5, 5.41) is 13.0. The lowest BCUT2D eigenvalue weighted by atomic mass is 10.1. The molecule has 0 saturated heterocycles. The van der Waals surface area contributed by atoms with E-state index in [1.165, 1.54) is 37.3 Å². The fourth-order valence-corrected chi connectivity index (χ4v) is 1.69. The maximum atomic E-state index is 13.5. The van der Waals surface area contributed by atoms with Gasteiger partial charge in [-0.25, -0.2) is 14.2 Å². The second kappa shape index (κ2) is 6.13. The van der Waals surface area contributed by atoms with Crippen LogP contribution < -0.4 is 5.43 Å². The Morgan fingerprint density at radius 3 is 2.62 bits per heavy atom. The first-order valence-corrected chi connectivity index (χ1v) is 6.06. The molecule has 2 rings (SSSR count). The minimum atomic E-state index is -0.761. The Morgan fingerprint density at radius 1 is 1.19 bits per heavy atom. The molecular weight excluding hydrogens is 278 g/mol. The average molecular weight is 290 g/mol. The van der Waals surface area contributed by atoms with Crippen molar-refractivity contribution in [1.29, 1.82) is 0 Å². The number of rotatable bonds is 3. The summed E-state index contributed by atoms with van der Waals surface area (Å²) < 4.78 is 26.3. The van der Waals surface area contributed by atoms with Crippen LogP contribution in [0.5, 0.6) is 5.75 Å². The predicted molar refractivity (Wildman–Crippen MR) is 74.1 cm³/mol. The lowest BCUT2D eigenvalue weighted by Gasteiger charge is -2.04. The van der Waals surface area contributed by atoms with E-state index in [4.69, 9.17) is 0 Å².